The average molecular weight is 490 g/mol. The lowest BCUT2D eigenvalue weighted by atomic mass is 10.1. The molecule has 0 bridgehead atoms. The van der Waals surface area contributed by atoms with Gasteiger partial charge in [0.15, 0.2) is 11.5 Å². The van der Waals surface area contributed by atoms with Gasteiger partial charge in [0.2, 0.25) is 0 Å². The van der Waals surface area contributed by atoms with E-state index in [0.29, 0.717) is 11.5 Å². The van der Waals surface area contributed by atoms with E-state index in [9.17, 15) is 9.00 Å². The van der Waals surface area contributed by atoms with Crippen LogP contribution >= 0.6 is 11.3 Å². The van der Waals surface area contributed by atoms with Crippen LogP contribution in [0.4, 0.5) is 0 Å². The molecule has 0 saturated carbocycles. The number of piperazine rings is 1. The van der Waals surface area contributed by atoms with E-state index in [1.807, 2.05) is 30.5 Å². The Morgan fingerprint density at radius 3 is 2.58 bits per heavy atom. The van der Waals surface area contributed by atoms with Crippen molar-refractivity contribution in [1.29, 1.82) is 0 Å². The minimum atomic E-state index is -0.945. The van der Waals surface area contributed by atoms with Gasteiger partial charge in [0.05, 0.1) is 30.6 Å². The topological polar surface area (TPSA) is 64.0 Å². The number of methoxy groups -OCH3 is 2. The molecule has 1 saturated heterocycles. The molecule has 0 spiro atoms. The average Bonchev–Trinajstić information content (AvgIpc) is 3.24. The molecule has 3 aromatic rings. The molecule has 0 radical (unpaired) electrons. The number of benzene rings is 1. The van der Waals surface area contributed by atoms with E-state index in [2.05, 4.69) is 16.1 Å². The Kier molecular flexibility index (Phi) is 7.23. The molecule has 0 amide bonds. The third-order valence-electron chi connectivity index (χ3n) is 6.29. The number of hydrogen-bond acceptors (Lipinski definition) is 6. The van der Waals surface area contributed by atoms with Crippen LogP contribution < -0.4 is 15.0 Å². The quantitative estimate of drug-likeness (QED) is 0.509. The maximum atomic E-state index is 12.9. The van der Waals surface area contributed by atoms with Crippen LogP contribution in [0.1, 0.15) is 18.2 Å². The van der Waals surface area contributed by atoms with Gasteiger partial charge in [-0.3, -0.25) is 9.69 Å². The standard InChI is InChI=1S/C24H31N3O4S2/c1-6-17-13-26(9-10-27(17)33(5)29)14-18-12-19-23(32-18)20(15-25(2)24(19)28)16-7-8-21(30-3)22(11-16)31-4/h7-8,11-12,15,17H,6,9-10,13-14H2,1-5H3/t17-,33?/m0/s1. The third kappa shape index (κ3) is 4.73. The first-order chi connectivity index (χ1) is 15.9. The molecule has 1 aliphatic rings. The number of rotatable bonds is 7. The summed E-state index contributed by atoms with van der Waals surface area (Å²) in [5, 5.41) is 0.741. The molecule has 1 aliphatic heterocycles. The number of hydrogen-bond donors (Lipinski definition) is 0. The van der Waals surface area contributed by atoms with Crippen molar-refractivity contribution >= 4 is 32.4 Å². The van der Waals surface area contributed by atoms with Crippen LogP contribution in [-0.4, -0.2) is 64.1 Å². The van der Waals surface area contributed by atoms with E-state index in [-0.39, 0.29) is 11.6 Å². The first kappa shape index (κ1) is 23.9. The van der Waals surface area contributed by atoms with E-state index >= 15 is 0 Å². The summed E-state index contributed by atoms with van der Waals surface area (Å²) in [6.45, 7) is 5.47. The second-order valence-electron chi connectivity index (χ2n) is 8.35. The Morgan fingerprint density at radius 2 is 1.91 bits per heavy atom. The third-order valence-corrected chi connectivity index (χ3v) is 8.58. The summed E-state index contributed by atoms with van der Waals surface area (Å²) in [5.41, 5.74) is 1.99. The minimum absolute atomic E-state index is 0.00867. The van der Waals surface area contributed by atoms with Crippen LogP contribution in [0.15, 0.2) is 35.3 Å². The van der Waals surface area contributed by atoms with Crippen molar-refractivity contribution in [2.45, 2.75) is 25.9 Å². The Hall–Kier alpha value is -2.20. The molecule has 178 valence electrons. The molecule has 1 fully saturated rings. The fraction of sp³-hybridized carbons (Fsp3) is 0.458. The van der Waals surface area contributed by atoms with Crippen molar-refractivity contribution < 1.29 is 13.7 Å². The zero-order valence-electron chi connectivity index (χ0n) is 19.8. The number of aryl methyl sites for hydroxylation is 1. The van der Waals surface area contributed by atoms with Crippen LogP contribution in [0.25, 0.3) is 21.2 Å². The summed E-state index contributed by atoms with van der Waals surface area (Å²) >= 11 is 1.67. The van der Waals surface area contributed by atoms with Crippen molar-refractivity contribution in [3.05, 3.63) is 45.7 Å². The van der Waals surface area contributed by atoms with Crippen molar-refractivity contribution in [3.8, 4) is 22.6 Å². The van der Waals surface area contributed by atoms with E-state index in [4.69, 9.17) is 9.47 Å². The maximum Gasteiger partial charge on any atom is 0.259 e. The van der Waals surface area contributed by atoms with Gasteiger partial charge in [-0.25, -0.2) is 8.51 Å². The molecule has 9 heteroatoms. The molecule has 7 nitrogen and oxygen atoms in total. The van der Waals surface area contributed by atoms with Crippen LogP contribution in [0, 0.1) is 0 Å². The Balaban J connectivity index is 1.69. The van der Waals surface area contributed by atoms with Gasteiger partial charge >= 0.3 is 0 Å². The first-order valence-corrected chi connectivity index (χ1v) is 13.4. The number of fused-ring (bicyclic) bond motifs is 1. The summed E-state index contributed by atoms with van der Waals surface area (Å²) in [7, 11) is 4.09. The van der Waals surface area contributed by atoms with Crippen molar-refractivity contribution in [1.82, 2.24) is 13.8 Å². The highest BCUT2D eigenvalue weighted by atomic mass is 32.2. The molecule has 4 rings (SSSR count). The predicted octanol–water partition coefficient (Wildman–Crippen LogP) is 3.47. The molecule has 33 heavy (non-hydrogen) atoms. The number of aromatic nitrogens is 1. The molecule has 1 unspecified atom stereocenters. The molecule has 3 heterocycles. The van der Waals surface area contributed by atoms with Gasteiger partial charge in [0.25, 0.3) is 5.56 Å². The lowest BCUT2D eigenvalue weighted by Crippen LogP contribution is -2.52. The zero-order valence-corrected chi connectivity index (χ0v) is 21.4. The number of thiophene rings is 1. The van der Waals surface area contributed by atoms with Gasteiger partial charge in [-0.15, -0.1) is 11.3 Å². The van der Waals surface area contributed by atoms with Crippen molar-refractivity contribution in [3.63, 3.8) is 0 Å². The van der Waals surface area contributed by atoms with Gasteiger partial charge in [0.1, 0.15) is 0 Å². The van der Waals surface area contributed by atoms with E-state index in [1.165, 1.54) is 0 Å². The second kappa shape index (κ2) is 9.97. The molecular formula is C24H31N3O4S2. The van der Waals surface area contributed by atoms with Gasteiger partial charge in [-0.05, 0) is 30.2 Å². The van der Waals surface area contributed by atoms with E-state index in [0.717, 1.165) is 58.7 Å². The van der Waals surface area contributed by atoms with Gasteiger partial charge in [0, 0.05) is 66.9 Å². The van der Waals surface area contributed by atoms with Gasteiger partial charge < -0.3 is 14.0 Å². The minimum Gasteiger partial charge on any atom is -0.493 e. The van der Waals surface area contributed by atoms with Crippen LogP contribution in [-0.2, 0) is 24.6 Å². The van der Waals surface area contributed by atoms with E-state index < -0.39 is 11.0 Å². The lowest BCUT2D eigenvalue weighted by Gasteiger charge is -2.39. The van der Waals surface area contributed by atoms with E-state index in [1.54, 1.807) is 43.4 Å². The number of ether oxygens (including phenoxy) is 2. The summed E-state index contributed by atoms with van der Waals surface area (Å²) in [6, 6.07) is 8.16. The largest absolute Gasteiger partial charge is 0.493 e. The zero-order chi connectivity index (χ0) is 23.7. The fourth-order valence-corrected chi connectivity index (χ4v) is 6.72. The molecule has 2 atom stereocenters. The van der Waals surface area contributed by atoms with Gasteiger partial charge in [-0.2, -0.15) is 0 Å². The van der Waals surface area contributed by atoms with Crippen LogP contribution in [0.5, 0.6) is 11.5 Å². The Labute approximate surface area is 201 Å². The molecule has 1 aromatic carbocycles. The lowest BCUT2D eigenvalue weighted by molar-refractivity contribution is 0.132. The normalized spacial score (nSPS) is 18.5. The van der Waals surface area contributed by atoms with Crippen molar-refractivity contribution in [2.24, 2.45) is 7.05 Å². The van der Waals surface area contributed by atoms with Gasteiger partial charge in [-0.1, -0.05) is 13.0 Å². The summed E-state index contributed by atoms with van der Waals surface area (Å²) in [6.07, 6.45) is 4.62. The molecule has 2 aromatic heterocycles. The summed E-state index contributed by atoms with van der Waals surface area (Å²) in [5.74, 6) is 1.33. The SMILES string of the molecule is CC[C@H]1CN(Cc2cc3c(=O)n(C)cc(-c4ccc(OC)c(OC)c4)c3s2)CCN1S(C)=O. The Bertz CT molecular complexity index is 1240. The molecule has 0 aliphatic carbocycles. The highest BCUT2D eigenvalue weighted by Crippen LogP contribution is 2.38. The molecular weight excluding hydrogens is 458 g/mol. The van der Waals surface area contributed by atoms with Crippen molar-refractivity contribution in [2.75, 3.05) is 40.1 Å². The smallest absolute Gasteiger partial charge is 0.259 e. The highest BCUT2D eigenvalue weighted by molar-refractivity contribution is 7.81. The molecule has 0 N–H and O–H groups in total. The Morgan fingerprint density at radius 1 is 1.15 bits per heavy atom. The van der Waals surface area contributed by atoms with Crippen LogP contribution in [0.2, 0.25) is 0 Å². The first-order valence-electron chi connectivity index (χ1n) is 11.0. The summed E-state index contributed by atoms with van der Waals surface area (Å²) < 4.78 is 27.6. The monoisotopic (exact) mass is 489 g/mol. The second-order valence-corrected chi connectivity index (χ2v) is 10.8. The fourth-order valence-electron chi connectivity index (χ4n) is 4.53. The predicted molar refractivity (Wildman–Crippen MR) is 136 cm³/mol. The number of nitrogens with zero attached hydrogens (tertiary/aromatic N) is 3. The summed E-state index contributed by atoms with van der Waals surface area (Å²) in [4.78, 5) is 16.5. The highest BCUT2D eigenvalue weighted by Gasteiger charge is 2.28. The maximum absolute atomic E-state index is 12.9. The van der Waals surface area contributed by atoms with Crippen LogP contribution in [0.3, 0.4) is 0 Å². The number of pyridine rings is 1.